The smallest absolute Gasteiger partial charge is 0.179 e. The SMILES string of the molecule is c1ccc(-c2cccc3c2oc2c(N(c4cccc([Si](c5ccccc5)(c5ccccc5)c5ccccc5)c4)c4ccc5c(c4)oc4ccccc45)cccc23)cc1. The maximum Gasteiger partial charge on any atom is 0.179 e. The van der Waals surface area contributed by atoms with Crippen LogP contribution in [0.3, 0.4) is 0 Å². The molecule has 0 fully saturated rings. The molecule has 0 unspecified atom stereocenters. The first-order valence-corrected chi connectivity index (χ1v) is 21.8. The van der Waals surface area contributed by atoms with Gasteiger partial charge in [0.15, 0.2) is 13.7 Å². The standard InChI is InChI=1S/C54H37NO2Si/c1-5-18-38(19-6-1)45-29-16-30-48-49-31-17-32-50(54(49)57-53(45)48)55(40-34-35-47-46-28-13-14-33-51(46)56-52(47)37-40)39-20-15-27-44(36-39)58(41-21-7-2-8-22-41,42-23-9-3-10-24-42)43-25-11-4-12-26-43/h1-37H. The third-order valence-electron chi connectivity index (χ3n) is 11.6. The third-order valence-corrected chi connectivity index (χ3v) is 16.4. The van der Waals surface area contributed by atoms with Crippen LogP contribution in [0.1, 0.15) is 0 Å². The van der Waals surface area contributed by atoms with Gasteiger partial charge in [-0.2, -0.15) is 0 Å². The molecule has 0 aliphatic heterocycles. The highest BCUT2D eigenvalue weighted by atomic mass is 28.3. The van der Waals surface area contributed by atoms with Crippen molar-refractivity contribution in [2.75, 3.05) is 4.90 Å². The Kier molecular flexibility index (Phi) is 8.16. The van der Waals surface area contributed by atoms with Crippen LogP contribution in [0, 0.1) is 0 Å². The summed E-state index contributed by atoms with van der Waals surface area (Å²) in [5.74, 6) is 0. The average molecular weight is 760 g/mol. The van der Waals surface area contributed by atoms with Crippen molar-refractivity contribution in [3.63, 3.8) is 0 Å². The number of rotatable bonds is 8. The molecule has 0 spiro atoms. The van der Waals surface area contributed by atoms with E-state index in [9.17, 15) is 0 Å². The van der Waals surface area contributed by atoms with E-state index in [1.807, 2.05) is 12.1 Å². The molecule has 0 bridgehead atoms. The van der Waals surface area contributed by atoms with Gasteiger partial charge in [-0.1, -0.05) is 182 Å². The maximum absolute atomic E-state index is 7.08. The van der Waals surface area contributed by atoms with Crippen LogP contribution >= 0.6 is 0 Å². The van der Waals surface area contributed by atoms with E-state index in [-0.39, 0.29) is 0 Å². The topological polar surface area (TPSA) is 29.5 Å². The molecule has 0 N–H and O–H groups in total. The van der Waals surface area contributed by atoms with E-state index in [2.05, 4.69) is 217 Å². The van der Waals surface area contributed by atoms with E-state index in [1.165, 1.54) is 20.7 Å². The summed E-state index contributed by atoms with van der Waals surface area (Å²) in [5, 5.41) is 9.61. The van der Waals surface area contributed by atoms with Crippen molar-refractivity contribution < 1.29 is 8.83 Å². The van der Waals surface area contributed by atoms with E-state index in [1.54, 1.807) is 0 Å². The quantitative estimate of drug-likeness (QED) is 0.114. The fourth-order valence-electron chi connectivity index (χ4n) is 9.05. The van der Waals surface area contributed by atoms with Crippen molar-refractivity contribution in [3.05, 3.63) is 224 Å². The number of para-hydroxylation sites is 3. The maximum atomic E-state index is 7.08. The molecule has 2 aromatic heterocycles. The lowest BCUT2D eigenvalue weighted by molar-refractivity contribution is 0.668. The van der Waals surface area contributed by atoms with Gasteiger partial charge in [-0.3, -0.25) is 0 Å². The number of hydrogen-bond donors (Lipinski definition) is 0. The fraction of sp³-hybridized carbons (Fsp3) is 0. The average Bonchev–Trinajstić information content (AvgIpc) is 3.87. The van der Waals surface area contributed by atoms with E-state index in [4.69, 9.17) is 8.83 Å². The van der Waals surface area contributed by atoms with Gasteiger partial charge in [-0.15, -0.1) is 0 Å². The molecule has 9 aromatic carbocycles. The second kappa shape index (κ2) is 14.0. The minimum Gasteiger partial charge on any atom is -0.456 e. The van der Waals surface area contributed by atoms with E-state index in [0.717, 1.165) is 72.1 Å². The van der Waals surface area contributed by atoms with Crippen LogP contribution < -0.4 is 25.6 Å². The Hall–Kier alpha value is -7.40. The van der Waals surface area contributed by atoms with Crippen LogP contribution in [0.5, 0.6) is 0 Å². The van der Waals surface area contributed by atoms with Crippen LogP contribution in [-0.4, -0.2) is 8.07 Å². The van der Waals surface area contributed by atoms with Gasteiger partial charge in [0.05, 0.1) is 11.4 Å². The first kappa shape index (κ1) is 33.9. The zero-order valence-electron chi connectivity index (χ0n) is 31.6. The molecule has 4 heteroatoms. The van der Waals surface area contributed by atoms with Gasteiger partial charge in [0.2, 0.25) is 0 Å². The fourth-order valence-corrected chi connectivity index (χ4v) is 13.8. The number of benzene rings is 9. The molecule has 0 saturated carbocycles. The zero-order chi connectivity index (χ0) is 38.5. The predicted molar refractivity (Wildman–Crippen MR) is 245 cm³/mol. The molecular formula is C54H37NO2Si. The number of hydrogen-bond acceptors (Lipinski definition) is 3. The lowest BCUT2D eigenvalue weighted by Gasteiger charge is -2.35. The first-order chi connectivity index (χ1) is 28.8. The van der Waals surface area contributed by atoms with Crippen LogP contribution in [0.2, 0.25) is 0 Å². The van der Waals surface area contributed by atoms with Crippen molar-refractivity contribution >= 4 is 89.8 Å². The van der Waals surface area contributed by atoms with E-state index < -0.39 is 8.07 Å². The van der Waals surface area contributed by atoms with Crippen LogP contribution in [0.4, 0.5) is 17.1 Å². The largest absolute Gasteiger partial charge is 0.456 e. The molecule has 0 aliphatic carbocycles. The molecule has 58 heavy (non-hydrogen) atoms. The Morgan fingerprint density at radius 2 is 0.845 bits per heavy atom. The van der Waals surface area contributed by atoms with Crippen molar-refractivity contribution in [1.29, 1.82) is 0 Å². The molecule has 0 amide bonds. The van der Waals surface area contributed by atoms with Crippen molar-refractivity contribution in [2.45, 2.75) is 0 Å². The monoisotopic (exact) mass is 759 g/mol. The second-order valence-electron chi connectivity index (χ2n) is 14.8. The summed E-state index contributed by atoms with van der Waals surface area (Å²) < 4.78 is 13.6. The highest BCUT2D eigenvalue weighted by Gasteiger charge is 2.41. The molecule has 2 heterocycles. The second-order valence-corrected chi connectivity index (χ2v) is 18.6. The molecule has 11 rings (SSSR count). The molecule has 0 aliphatic rings. The Morgan fingerprint density at radius 1 is 0.328 bits per heavy atom. The van der Waals surface area contributed by atoms with Crippen molar-refractivity contribution in [3.8, 4) is 11.1 Å². The van der Waals surface area contributed by atoms with Gasteiger partial charge in [0, 0.05) is 38.9 Å². The lowest BCUT2D eigenvalue weighted by atomic mass is 10.0. The summed E-state index contributed by atoms with van der Waals surface area (Å²) in [5.41, 5.74) is 8.57. The summed E-state index contributed by atoms with van der Waals surface area (Å²) in [7, 11) is -2.84. The normalized spacial score (nSPS) is 11.8. The molecule has 3 nitrogen and oxygen atoms in total. The van der Waals surface area contributed by atoms with Crippen molar-refractivity contribution in [2.24, 2.45) is 0 Å². The third kappa shape index (κ3) is 5.41. The molecule has 274 valence electrons. The summed E-state index contributed by atoms with van der Waals surface area (Å²) in [6.45, 7) is 0. The molecule has 0 radical (unpaired) electrons. The van der Waals surface area contributed by atoms with Gasteiger partial charge in [-0.25, -0.2) is 0 Å². The van der Waals surface area contributed by atoms with Gasteiger partial charge in [0.25, 0.3) is 0 Å². The zero-order valence-corrected chi connectivity index (χ0v) is 32.6. The van der Waals surface area contributed by atoms with Gasteiger partial charge in [-0.05, 0) is 62.7 Å². The molecule has 0 atom stereocenters. The predicted octanol–water partition coefficient (Wildman–Crippen LogP) is 12.0. The van der Waals surface area contributed by atoms with Gasteiger partial charge < -0.3 is 13.7 Å². The Labute approximate surface area is 337 Å². The summed E-state index contributed by atoms with van der Waals surface area (Å²) in [4.78, 5) is 2.35. The summed E-state index contributed by atoms with van der Waals surface area (Å²) in [6, 6.07) is 80.7. The minimum atomic E-state index is -2.84. The Morgan fingerprint density at radius 3 is 1.53 bits per heavy atom. The van der Waals surface area contributed by atoms with Crippen LogP contribution in [0.25, 0.3) is 55.0 Å². The number of nitrogens with zero attached hydrogens (tertiary/aromatic N) is 1. The highest BCUT2D eigenvalue weighted by molar-refractivity contribution is 7.19. The van der Waals surface area contributed by atoms with E-state index >= 15 is 0 Å². The Balaban J connectivity index is 1.20. The van der Waals surface area contributed by atoms with Crippen LogP contribution in [0.15, 0.2) is 233 Å². The molecular weight excluding hydrogens is 723 g/mol. The summed E-state index contributed by atoms with van der Waals surface area (Å²) in [6.07, 6.45) is 0. The van der Waals surface area contributed by atoms with Gasteiger partial charge >= 0.3 is 0 Å². The first-order valence-electron chi connectivity index (χ1n) is 19.8. The lowest BCUT2D eigenvalue weighted by Crippen LogP contribution is -2.74. The molecule has 11 aromatic rings. The Bertz CT molecular complexity index is 3130. The minimum absolute atomic E-state index is 0.827. The number of anilines is 3. The highest BCUT2D eigenvalue weighted by Crippen LogP contribution is 2.45. The van der Waals surface area contributed by atoms with Crippen molar-refractivity contribution in [1.82, 2.24) is 0 Å². The molecule has 0 saturated heterocycles. The number of fused-ring (bicyclic) bond motifs is 6. The summed E-state index contributed by atoms with van der Waals surface area (Å²) >= 11 is 0. The van der Waals surface area contributed by atoms with E-state index in [0.29, 0.717) is 0 Å². The number of furan rings is 2. The van der Waals surface area contributed by atoms with Crippen LogP contribution in [-0.2, 0) is 0 Å². The van der Waals surface area contributed by atoms with Gasteiger partial charge in [0.1, 0.15) is 16.7 Å².